The number of ether oxygens (including phenoxy) is 1. The van der Waals surface area contributed by atoms with Crippen LogP contribution in [0.15, 0.2) is 18.2 Å². The van der Waals surface area contributed by atoms with Gasteiger partial charge in [0.2, 0.25) is 0 Å². The fourth-order valence-electron chi connectivity index (χ4n) is 1.56. The summed E-state index contributed by atoms with van der Waals surface area (Å²) in [6.45, 7) is 0. The molecule has 1 aromatic carbocycles. The quantitative estimate of drug-likeness (QED) is 0.818. The van der Waals surface area contributed by atoms with Crippen LogP contribution in [0.25, 0.3) is 0 Å². The van der Waals surface area contributed by atoms with E-state index < -0.39 is 0 Å². The summed E-state index contributed by atoms with van der Waals surface area (Å²) in [6.07, 6.45) is 2.86. The van der Waals surface area contributed by atoms with E-state index in [1.54, 1.807) is 0 Å². The highest BCUT2D eigenvalue weighted by atomic mass is 16.5. The third-order valence-electron chi connectivity index (χ3n) is 2.55. The fourth-order valence-corrected chi connectivity index (χ4v) is 1.56. The van der Waals surface area contributed by atoms with Gasteiger partial charge in [-0.05, 0) is 25.0 Å². The van der Waals surface area contributed by atoms with Gasteiger partial charge >= 0.3 is 0 Å². The van der Waals surface area contributed by atoms with Crippen LogP contribution in [-0.4, -0.2) is 27.2 Å². The van der Waals surface area contributed by atoms with Crippen molar-refractivity contribution >= 4 is 11.4 Å². The minimum absolute atomic E-state index is 0.458. The lowest BCUT2D eigenvalue weighted by atomic mass is 10.2. The molecule has 0 amide bonds. The van der Waals surface area contributed by atoms with Gasteiger partial charge < -0.3 is 15.0 Å². The summed E-state index contributed by atoms with van der Waals surface area (Å²) in [5, 5.41) is 3.19. The molecule has 3 heteroatoms. The molecule has 82 valence electrons. The maximum absolute atomic E-state index is 5.74. The first-order valence-electron chi connectivity index (χ1n) is 5.36. The Morgan fingerprint density at radius 2 is 2.07 bits per heavy atom. The van der Waals surface area contributed by atoms with E-state index in [2.05, 4.69) is 22.3 Å². The zero-order valence-corrected chi connectivity index (χ0v) is 9.58. The van der Waals surface area contributed by atoms with Crippen LogP contribution >= 0.6 is 0 Å². The van der Waals surface area contributed by atoms with Gasteiger partial charge in [-0.3, -0.25) is 0 Å². The van der Waals surface area contributed by atoms with E-state index in [1.165, 1.54) is 18.5 Å². The summed E-state index contributed by atoms with van der Waals surface area (Å²) in [7, 11) is 6.01. The Morgan fingerprint density at radius 1 is 1.33 bits per heavy atom. The zero-order valence-electron chi connectivity index (χ0n) is 9.58. The third kappa shape index (κ3) is 2.35. The van der Waals surface area contributed by atoms with Crippen molar-refractivity contribution < 1.29 is 4.74 Å². The Morgan fingerprint density at radius 3 is 2.60 bits per heavy atom. The van der Waals surface area contributed by atoms with Crippen molar-refractivity contribution in [1.82, 2.24) is 0 Å². The Hall–Kier alpha value is -1.38. The molecule has 1 saturated carbocycles. The van der Waals surface area contributed by atoms with Crippen LogP contribution in [-0.2, 0) is 0 Å². The SMILES string of the molecule is CNc1cc(OC2CC2)ccc1N(C)C. The Bertz CT molecular complexity index is 345. The molecule has 0 radical (unpaired) electrons. The van der Waals surface area contributed by atoms with Crippen molar-refractivity contribution in [3.8, 4) is 5.75 Å². The predicted octanol–water partition coefficient (Wildman–Crippen LogP) is 2.34. The van der Waals surface area contributed by atoms with Crippen molar-refractivity contribution in [2.45, 2.75) is 18.9 Å². The van der Waals surface area contributed by atoms with Crippen molar-refractivity contribution in [3.63, 3.8) is 0 Å². The molecule has 1 N–H and O–H groups in total. The lowest BCUT2D eigenvalue weighted by molar-refractivity contribution is 0.303. The van der Waals surface area contributed by atoms with E-state index in [9.17, 15) is 0 Å². The maximum Gasteiger partial charge on any atom is 0.121 e. The number of hydrogen-bond acceptors (Lipinski definition) is 3. The first kappa shape index (κ1) is 10.1. The highest BCUT2D eigenvalue weighted by Crippen LogP contribution is 2.32. The van der Waals surface area contributed by atoms with Crippen LogP contribution in [0.2, 0.25) is 0 Å². The van der Waals surface area contributed by atoms with Crippen LogP contribution in [0, 0.1) is 0 Å². The molecule has 0 saturated heterocycles. The maximum atomic E-state index is 5.74. The van der Waals surface area contributed by atoms with E-state index in [-0.39, 0.29) is 0 Å². The van der Waals surface area contributed by atoms with Gasteiger partial charge in [0, 0.05) is 27.2 Å². The zero-order chi connectivity index (χ0) is 10.8. The van der Waals surface area contributed by atoms with E-state index >= 15 is 0 Å². The number of nitrogens with zero attached hydrogens (tertiary/aromatic N) is 1. The molecule has 0 unspecified atom stereocenters. The van der Waals surface area contributed by atoms with E-state index in [0.29, 0.717) is 6.10 Å². The molecule has 0 aromatic heterocycles. The highest BCUT2D eigenvalue weighted by molar-refractivity contribution is 5.71. The van der Waals surface area contributed by atoms with E-state index in [1.807, 2.05) is 27.2 Å². The van der Waals surface area contributed by atoms with Crippen LogP contribution < -0.4 is 15.0 Å². The molecule has 15 heavy (non-hydrogen) atoms. The van der Waals surface area contributed by atoms with Crippen molar-refractivity contribution in [2.24, 2.45) is 0 Å². The molecule has 3 nitrogen and oxygen atoms in total. The van der Waals surface area contributed by atoms with Crippen LogP contribution in [0.4, 0.5) is 11.4 Å². The van der Waals surface area contributed by atoms with Crippen LogP contribution in [0.5, 0.6) is 5.75 Å². The molecule has 0 bridgehead atoms. The molecule has 0 spiro atoms. The predicted molar refractivity (Wildman–Crippen MR) is 64.0 cm³/mol. The lowest BCUT2D eigenvalue weighted by Crippen LogP contribution is -2.11. The Labute approximate surface area is 91.0 Å². The molecule has 1 aliphatic carbocycles. The van der Waals surface area contributed by atoms with E-state index in [4.69, 9.17) is 4.74 Å². The lowest BCUT2D eigenvalue weighted by Gasteiger charge is -2.18. The summed E-state index contributed by atoms with van der Waals surface area (Å²) in [6, 6.07) is 6.19. The fraction of sp³-hybridized carbons (Fsp3) is 0.500. The number of hydrogen-bond donors (Lipinski definition) is 1. The van der Waals surface area contributed by atoms with Gasteiger partial charge in [0.1, 0.15) is 5.75 Å². The summed E-state index contributed by atoms with van der Waals surface area (Å²) in [4.78, 5) is 2.09. The second kappa shape index (κ2) is 4.01. The number of nitrogens with one attached hydrogen (secondary N) is 1. The first-order valence-corrected chi connectivity index (χ1v) is 5.36. The molecular weight excluding hydrogens is 188 g/mol. The van der Waals surface area contributed by atoms with Gasteiger partial charge in [-0.15, -0.1) is 0 Å². The van der Waals surface area contributed by atoms with Crippen molar-refractivity contribution in [1.29, 1.82) is 0 Å². The molecule has 1 aromatic rings. The smallest absolute Gasteiger partial charge is 0.121 e. The summed E-state index contributed by atoms with van der Waals surface area (Å²) < 4.78 is 5.74. The highest BCUT2D eigenvalue weighted by Gasteiger charge is 2.23. The van der Waals surface area contributed by atoms with Gasteiger partial charge in [0.25, 0.3) is 0 Å². The van der Waals surface area contributed by atoms with Crippen LogP contribution in [0.1, 0.15) is 12.8 Å². The van der Waals surface area contributed by atoms with Gasteiger partial charge in [-0.1, -0.05) is 0 Å². The summed E-state index contributed by atoms with van der Waals surface area (Å²) in [5.41, 5.74) is 2.29. The topological polar surface area (TPSA) is 24.5 Å². The normalized spacial score (nSPS) is 14.9. The Balaban J connectivity index is 2.20. The van der Waals surface area contributed by atoms with Crippen molar-refractivity contribution in [2.75, 3.05) is 31.4 Å². The van der Waals surface area contributed by atoms with Crippen molar-refractivity contribution in [3.05, 3.63) is 18.2 Å². The monoisotopic (exact) mass is 206 g/mol. The molecule has 0 heterocycles. The van der Waals surface area contributed by atoms with Crippen LogP contribution in [0.3, 0.4) is 0 Å². The number of rotatable bonds is 4. The molecule has 1 aliphatic rings. The second-order valence-electron chi connectivity index (χ2n) is 4.14. The molecule has 2 rings (SSSR count). The van der Waals surface area contributed by atoms with Gasteiger partial charge in [0.15, 0.2) is 0 Å². The molecule has 1 fully saturated rings. The summed E-state index contributed by atoms with van der Waals surface area (Å²) >= 11 is 0. The van der Waals surface area contributed by atoms with Gasteiger partial charge in [-0.2, -0.15) is 0 Å². The minimum atomic E-state index is 0.458. The number of benzene rings is 1. The average Bonchev–Trinajstić information content (AvgIpc) is 3.01. The molecular formula is C12H18N2O. The summed E-state index contributed by atoms with van der Waals surface area (Å²) in [5.74, 6) is 0.965. The van der Waals surface area contributed by atoms with E-state index in [0.717, 1.165) is 11.4 Å². The third-order valence-corrected chi connectivity index (χ3v) is 2.55. The molecule has 0 aliphatic heterocycles. The average molecular weight is 206 g/mol. The minimum Gasteiger partial charge on any atom is -0.490 e. The second-order valence-corrected chi connectivity index (χ2v) is 4.14. The van der Waals surface area contributed by atoms with Gasteiger partial charge in [-0.25, -0.2) is 0 Å². The largest absolute Gasteiger partial charge is 0.490 e. The standard InChI is InChI=1S/C12H18N2O/c1-13-11-8-10(15-9-4-5-9)6-7-12(11)14(2)3/h6-9,13H,4-5H2,1-3H3. The number of anilines is 2. The molecule has 0 atom stereocenters. The first-order chi connectivity index (χ1) is 7.20. The Kier molecular flexibility index (Phi) is 2.71. The van der Waals surface area contributed by atoms with Gasteiger partial charge in [0.05, 0.1) is 17.5 Å².